The van der Waals surface area contributed by atoms with E-state index in [2.05, 4.69) is 58.3 Å². The van der Waals surface area contributed by atoms with Gasteiger partial charge in [-0.15, -0.1) is 12.4 Å². The van der Waals surface area contributed by atoms with Crippen LogP contribution in [0.3, 0.4) is 0 Å². The molecule has 0 atom stereocenters. The van der Waals surface area contributed by atoms with Crippen molar-refractivity contribution in [2.45, 2.75) is 61.2 Å². The van der Waals surface area contributed by atoms with E-state index in [1.165, 1.54) is 92.2 Å². The third-order valence-electron chi connectivity index (χ3n) is 7.22. The summed E-state index contributed by atoms with van der Waals surface area (Å²) in [7, 11) is 0. The topological polar surface area (TPSA) is 6.48 Å². The summed E-state index contributed by atoms with van der Waals surface area (Å²) in [6.07, 6.45) is 11.6. The number of anilines is 2. The first-order valence-corrected chi connectivity index (χ1v) is 12.0. The van der Waals surface area contributed by atoms with Crippen molar-refractivity contribution in [3.05, 3.63) is 48.5 Å². The normalized spacial score (nSPS) is 20.6. The van der Waals surface area contributed by atoms with Crippen LogP contribution in [0.5, 0.6) is 0 Å². The number of hydrogen-bond acceptors (Lipinski definition) is 3. The molecule has 2 aromatic rings. The van der Waals surface area contributed by atoms with Crippen molar-refractivity contribution in [1.82, 2.24) is 4.90 Å². The van der Waals surface area contributed by atoms with Crippen LogP contribution in [-0.4, -0.2) is 31.1 Å². The Labute approximate surface area is 186 Å². The third-order valence-corrected chi connectivity index (χ3v) is 8.35. The molecular formula is C25H33ClN2S. The second-order valence-electron chi connectivity index (χ2n) is 8.95. The molecule has 1 aliphatic carbocycles. The van der Waals surface area contributed by atoms with E-state index in [4.69, 9.17) is 0 Å². The lowest BCUT2D eigenvalue weighted by molar-refractivity contribution is 0.0676. The van der Waals surface area contributed by atoms with Crippen molar-refractivity contribution in [2.24, 2.45) is 5.41 Å². The van der Waals surface area contributed by atoms with Crippen molar-refractivity contribution in [2.75, 3.05) is 31.1 Å². The van der Waals surface area contributed by atoms with Gasteiger partial charge in [-0.1, -0.05) is 55.3 Å². The minimum Gasteiger partial charge on any atom is -0.340 e. The SMILES string of the molecule is Cl.c1ccc2c(c1)Sc1ccccc1N2CCCN1CCC2(CCCCC2)CC1. The van der Waals surface area contributed by atoms with Gasteiger partial charge in [0.15, 0.2) is 0 Å². The molecule has 4 heteroatoms. The molecule has 2 nitrogen and oxygen atoms in total. The zero-order valence-electron chi connectivity index (χ0n) is 17.3. The summed E-state index contributed by atoms with van der Waals surface area (Å²) in [6.45, 7) is 4.99. The van der Waals surface area contributed by atoms with Crippen LogP contribution in [0, 0.1) is 5.41 Å². The second-order valence-corrected chi connectivity index (χ2v) is 10.0. The molecule has 0 aromatic heterocycles. The van der Waals surface area contributed by atoms with Crippen LogP contribution in [0.15, 0.2) is 58.3 Å². The first-order valence-electron chi connectivity index (χ1n) is 11.2. The molecule has 0 radical (unpaired) electrons. The Morgan fingerprint density at radius 1 is 0.724 bits per heavy atom. The van der Waals surface area contributed by atoms with Gasteiger partial charge >= 0.3 is 0 Å². The summed E-state index contributed by atoms with van der Waals surface area (Å²) >= 11 is 1.91. The summed E-state index contributed by atoms with van der Waals surface area (Å²) < 4.78 is 0. The van der Waals surface area contributed by atoms with Crippen molar-refractivity contribution in [3.63, 3.8) is 0 Å². The van der Waals surface area contributed by atoms with E-state index >= 15 is 0 Å². The molecule has 2 aromatic carbocycles. The molecule has 0 amide bonds. The van der Waals surface area contributed by atoms with Crippen LogP contribution < -0.4 is 4.90 Å². The number of halogens is 1. The van der Waals surface area contributed by atoms with Gasteiger partial charge in [0.05, 0.1) is 11.4 Å². The van der Waals surface area contributed by atoms with Gasteiger partial charge in [-0.2, -0.15) is 0 Å². The van der Waals surface area contributed by atoms with Crippen LogP contribution in [0.4, 0.5) is 11.4 Å². The fourth-order valence-electron chi connectivity index (χ4n) is 5.53. The number of nitrogens with zero attached hydrogens (tertiary/aromatic N) is 2. The van der Waals surface area contributed by atoms with Gasteiger partial charge in [0.25, 0.3) is 0 Å². The van der Waals surface area contributed by atoms with Gasteiger partial charge in [0.2, 0.25) is 0 Å². The summed E-state index contributed by atoms with van der Waals surface area (Å²) in [5.41, 5.74) is 3.48. The fourth-order valence-corrected chi connectivity index (χ4v) is 6.62. The molecule has 1 spiro atoms. The smallest absolute Gasteiger partial charge is 0.0552 e. The predicted octanol–water partition coefficient (Wildman–Crippen LogP) is 7.15. The average Bonchev–Trinajstić information content (AvgIpc) is 2.75. The van der Waals surface area contributed by atoms with Crippen LogP contribution in [0.25, 0.3) is 0 Å². The lowest BCUT2D eigenvalue weighted by Crippen LogP contribution is -2.42. The van der Waals surface area contributed by atoms with E-state index in [1.807, 2.05) is 11.8 Å². The standard InChI is InChI=1S/C25H32N2S.ClH/c1-6-13-25(14-7-1)15-19-26(20-16-25)17-8-18-27-21-9-2-4-11-23(21)28-24-12-5-3-10-22(24)27;/h2-5,9-12H,1,6-8,13-20H2;1H. The van der Waals surface area contributed by atoms with E-state index in [0.29, 0.717) is 0 Å². The molecule has 1 saturated heterocycles. The van der Waals surface area contributed by atoms with E-state index < -0.39 is 0 Å². The summed E-state index contributed by atoms with van der Waals surface area (Å²) in [5.74, 6) is 0. The predicted molar refractivity (Wildman–Crippen MR) is 127 cm³/mol. The molecule has 29 heavy (non-hydrogen) atoms. The van der Waals surface area contributed by atoms with Crippen LogP contribution in [0.1, 0.15) is 51.4 Å². The van der Waals surface area contributed by atoms with Crippen molar-refractivity contribution < 1.29 is 0 Å². The van der Waals surface area contributed by atoms with E-state index in [0.717, 1.165) is 12.0 Å². The Kier molecular flexibility index (Phi) is 6.78. The Balaban J connectivity index is 0.00000205. The van der Waals surface area contributed by atoms with Gasteiger partial charge in [0, 0.05) is 16.3 Å². The largest absolute Gasteiger partial charge is 0.340 e. The zero-order valence-corrected chi connectivity index (χ0v) is 18.9. The first-order chi connectivity index (χ1) is 13.8. The Bertz CT molecular complexity index is 762. The quantitative estimate of drug-likeness (QED) is 0.510. The third kappa shape index (κ3) is 4.47. The maximum atomic E-state index is 2.73. The van der Waals surface area contributed by atoms with Gasteiger partial charge < -0.3 is 9.80 Å². The van der Waals surface area contributed by atoms with Crippen LogP contribution in [-0.2, 0) is 0 Å². The molecule has 5 rings (SSSR count). The van der Waals surface area contributed by atoms with Crippen LogP contribution in [0.2, 0.25) is 0 Å². The number of benzene rings is 2. The lowest BCUT2D eigenvalue weighted by atomic mass is 9.68. The maximum absolute atomic E-state index is 2.73. The average molecular weight is 429 g/mol. The molecule has 2 aliphatic heterocycles. The van der Waals surface area contributed by atoms with Gasteiger partial charge in [-0.25, -0.2) is 0 Å². The van der Waals surface area contributed by atoms with Crippen molar-refractivity contribution >= 4 is 35.5 Å². The highest BCUT2D eigenvalue weighted by Crippen LogP contribution is 2.48. The Hall–Kier alpha value is -1.16. The molecule has 0 bridgehead atoms. The molecular weight excluding hydrogens is 396 g/mol. The molecule has 156 valence electrons. The highest BCUT2D eigenvalue weighted by Gasteiger charge is 2.35. The number of hydrogen-bond donors (Lipinski definition) is 0. The summed E-state index contributed by atoms with van der Waals surface area (Å²) in [5, 5.41) is 0. The maximum Gasteiger partial charge on any atom is 0.0552 e. The highest BCUT2D eigenvalue weighted by atomic mass is 35.5. The molecule has 0 N–H and O–H groups in total. The number of piperidine rings is 1. The molecule has 1 saturated carbocycles. The minimum atomic E-state index is 0. The number of likely N-dealkylation sites (tertiary alicyclic amines) is 1. The fraction of sp³-hybridized carbons (Fsp3) is 0.520. The molecule has 2 heterocycles. The summed E-state index contributed by atoms with van der Waals surface area (Å²) in [6, 6.07) is 17.8. The Morgan fingerprint density at radius 3 is 1.93 bits per heavy atom. The zero-order chi connectivity index (χ0) is 18.8. The van der Waals surface area contributed by atoms with Gasteiger partial charge in [-0.05, 0) is 81.4 Å². The number of rotatable bonds is 4. The van der Waals surface area contributed by atoms with E-state index in [1.54, 1.807) is 0 Å². The molecule has 3 aliphatic rings. The molecule has 2 fully saturated rings. The summed E-state index contributed by atoms with van der Waals surface area (Å²) in [4.78, 5) is 8.06. The lowest BCUT2D eigenvalue weighted by Gasteiger charge is -2.44. The van der Waals surface area contributed by atoms with Gasteiger partial charge in [-0.3, -0.25) is 0 Å². The Morgan fingerprint density at radius 2 is 1.31 bits per heavy atom. The van der Waals surface area contributed by atoms with E-state index in [9.17, 15) is 0 Å². The first kappa shape index (κ1) is 21.1. The second kappa shape index (κ2) is 9.32. The van der Waals surface area contributed by atoms with Crippen molar-refractivity contribution in [3.8, 4) is 0 Å². The monoisotopic (exact) mass is 428 g/mol. The number of para-hydroxylation sites is 2. The minimum absolute atomic E-state index is 0. The van der Waals surface area contributed by atoms with E-state index in [-0.39, 0.29) is 12.4 Å². The van der Waals surface area contributed by atoms with Gasteiger partial charge in [0.1, 0.15) is 0 Å². The van der Waals surface area contributed by atoms with Crippen LogP contribution >= 0.6 is 24.2 Å². The highest BCUT2D eigenvalue weighted by molar-refractivity contribution is 7.99. The number of fused-ring (bicyclic) bond motifs is 2. The van der Waals surface area contributed by atoms with Crippen molar-refractivity contribution in [1.29, 1.82) is 0 Å². The molecule has 0 unspecified atom stereocenters.